The van der Waals surface area contributed by atoms with E-state index in [-0.39, 0.29) is 5.91 Å². The van der Waals surface area contributed by atoms with Crippen LogP contribution in [0.2, 0.25) is 0 Å². The number of aryl methyl sites for hydroxylation is 1. The first-order chi connectivity index (χ1) is 9.77. The zero-order valence-corrected chi connectivity index (χ0v) is 12.6. The van der Waals surface area contributed by atoms with E-state index in [0.29, 0.717) is 0 Å². The number of hydrogen-bond donors (Lipinski definition) is 0. The minimum absolute atomic E-state index is 0.184. The van der Waals surface area contributed by atoms with Gasteiger partial charge in [0.05, 0.1) is 0 Å². The molecule has 1 heterocycles. The van der Waals surface area contributed by atoms with Crippen LogP contribution in [-0.4, -0.2) is 23.9 Å². The molecule has 3 rings (SSSR count). The number of likely N-dealkylation sites (tertiary alicyclic amines) is 1. The summed E-state index contributed by atoms with van der Waals surface area (Å²) in [6.45, 7) is 7.90. The number of rotatable bonds is 1. The molecule has 0 N–H and O–H groups in total. The summed E-state index contributed by atoms with van der Waals surface area (Å²) < 4.78 is 0. The molecule has 0 atom stereocenters. The fourth-order valence-corrected chi connectivity index (χ4v) is 2.73. The highest BCUT2D eigenvalue weighted by Crippen LogP contribution is 2.24. The molecule has 1 aliphatic rings. The third kappa shape index (κ3) is 2.69. The maximum atomic E-state index is 12.5. The third-order valence-corrected chi connectivity index (χ3v) is 3.77. The highest BCUT2D eigenvalue weighted by Gasteiger charge is 2.21. The zero-order chi connectivity index (χ0) is 14.5. The van der Waals surface area contributed by atoms with Crippen molar-refractivity contribution < 1.29 is 4.79 Å². The van der Waals surface area contributed by atoms with Crippen LogP contribution in [0.5, 0.6) is 0 Å². The molecule has 2 heteroatoms. The second kappa shape index (κ2) is 6.56. The monoisotopic (exact) mass is 269 g/mol. The van der Waals surface area contributed by atoms with Gasteiger partial charge in [-0.2, -0.15) is 0 Å². The quantitative estimate of drug-likeness (QED) is 0.751. The molecule has 0 aromatic heterocycles. The Hall–Kier alpha value is -1.83. The summed E-state index contributed by atoms with van der Waals surface area (Å²) in [5.74, 6) is 0.184. The molecule has 2 aromatic carbocycles. The van der Waals surface area contributed by atoms with Gasteiger partial charge in [-0.15, -0.1) is 0 Å². The van der Waals surface area contributed by atoms with Crippen molar-refractivity contribution in [3.05, 3.63) is 47.5 Å². The maximum Gasteiger partial charge on any atom is 0.254 e. The van der Waals surface area contributed by atoms with E-state index in [9.17, 15) is 4.79 Å². The van der Waals surface area contributed by atoms with Crippen molar-refractivity contribution in [1.82, 2.24) is 4.90 Å². The van der Waals surface area contributed by atoms with Gasteiger partial charge < -0.3 is 4.90 Å². The van der Waals surface area contributed by atoms with Crippen LogP contribution in [0.1, 0.15) is 42.6 Å². The number of benzene rings is 2. The average molecular weight is 269 g/mol. The number of fused-ring (bicyclic) bond motifs is 1. The van der Waals surface area contributed by atoms with E-state index in [4.69, 9.17) is 0 Å². The number of amides is 1. The molecular formula is C18H23NO. The van der Waals surface area contributed by atoms with Crippen LogP contribution in [0.25, 0.3) is 10.8 Å². The lowest BCUT2D eigenvalue weighted by Crippen LogP contribution is -2.27. The van der Waals surface area contributed by atoms with E-state index in [1.54, 1.807) is 0 Å². The number of hydrogen-bond acceptors (Lipinski definition) is 1. The summed E-state index contributed by atoms with van der Waals surface area (Å²) in [6.07, 6.45) is 2.27. The highest BCUT2D eigenvalue weighted by molar-refractivity contribution is 6.07. The zero-order valence-electron chi connectivity index (χ0n) is 12.6. The molecule has 1 fully saturated rings. The predicted molar refractivity (Wildman–Crippen MR) is 85.2 cm³/mol. The topological polar surface area (TPSA) is 20.3 Å². The largest absolute Gasteiger partial charge is 0.339 e. The van der Waals surface area contributed by atoms with Crippen LogP contribution in [0.3, 0.4) is 0 Å². The lowest BCUT2D eigenvalue weighted by Gasteiger charge is -2.17. The summed E-state index contributed by atoms with van der Waals surface area (Å²) in [5, 5.41) is 2.26. The van der Waals surface area contributed by atoms with Crippen LogP contribution >= 0.6 is 0 Å². The standard InChI is InChI=1S/C16H17NO.C2H6/c1-12-8-9-15(14-7-3-2-6-13(12)14)16(18)17-10-4-5-11-17;1-2/h2-3,6-9H,4-5,10-11H2,1H3;1-2H3. The SMILES string of the molecule is CC.Cc1ccc(C(=O)N2CCCC2)c2ccccc12. The summed E-state index contributed by atoms with van der Waals surface area (Å²) in [5.41, 5.74) is 2.07. The average Bonchev–Trinajstić information content (AvgIpc) is 3.04. The fourth-order valence-electron chi connectivity index (χ4n) is 2.73. The second-order valence-electron chi connectivity index (χ2n) is 4.97. The highest BCUT2D eigenvalue weighted by atomic mass is 16.2. The van der Waals surface area contributed by atoms with Crippen LogP contribution in [0.4, 0.5) is 0 Å². The van der Waals surface area contributed by atoms with Crippen molar-refractivity contribution in [2.45, 2.75) is 33.6 Å². The summed E-state index contributed by atoms with van der Waals surface area (Å²) >= 11 is 0. The van der Waals surface area contributed by atoms with Crippen molar-refractivity contribution in [3.8, 4) is 0 Å². The van der Waals surface area contributed by atoms with Gasteiger partial charge in [-0.1, -0.05) is 44.2 Å². The van der Waals surface area contributed by atoms with Gasteiger partial charge >= 0.3 is 0 Å². The number of carbonyl (C=O) groups excluding carboxylic acids is 1. The van der Waals surface area contributed by atoms with Gasteiger partial charge in [-0.25, -0.2) is 0 Å². The molecule has 20 heavy (non-hydrogen) atoms. The van der Waals surface area contributed by atoms with E-state index in [1.165, 1.54) is 10.9 Å². The van der Waals surface area contributed by atoms with Gasteiger partial charge in [0.15, 0.2) is 0 Å². The lowest BCUT2D eigenvalue weighted by molar-refractivity contribution is 0.0795. The van der Waals surface area contributed by atoms with Crippen molar-refractivity contribution in [2.24, 2.45) is 0 Å². The molecule has 0 spiro atoms. The summed E-state index contributed by atoms with van der Waals surface area (Å²) in [4.78, 5) is 14.5. The van der Waals surface area contributed by atoms with Crippen LogP contribution in [0, 0.1) is 6.92 Å². The molecule has 0 bridgehead atoms. The Kier molecular flexibility index (Phi) is 4.78. The van der Waals surface area contributed by atoms with E-state index in [1.807, 2.05) is 49.1 Å². The molecule has 1 aliphatic heterocycles. The van der Waals surface area contributed by atoms with Gasteiger partial charge in [-0.3, -0.25) is 4.79 Å². The lowest BCUT2D eigenvalue weighted by atomic mass is 9.99. The Morgan fingerprint density at radius 3 is 2.20 bits per heavy atom. The predicted octanol–water partition coefficient (Wildman–Crippen LogP) is 4.41. The van der Waals surface area contributed by atoms with Gasteiger partial charge in [0, 0.05) is 18.7 Å². The Morgan fingerprint density at radius 2 is 1.55 bits per heavy atom. The minimum atomic E-state index is 0.184. The van der Waals surface area contributed by atoms with Crippen molar-refractivity contribution in [2.75, 3.05) is 13.1 Å². The van der Waals surface area contributed by atoms with E-state index < -0.39 is 0 Å². The van der Waals surface area contributed by atoms with Gasteiger partial charge in [0.1, 0.15) is 0 Å². The molecule has 0 saturated carbocycles. The fraction of sp³-hybridized carbons (Fsp3) is 0.389. The molecule has 1 amide bonds. The normalized spacial score (nSPS) is 14.1. The summed E-state index contributed by atoms with van der Waals surface area (Å²) in [6, 6.07) is 12.2. The van der Waals surface area contributed by atoms with Crippen LogP contribution in [0.15, 0.2) is 36.4 Å². The Bertz CT molecular complexity index is 597. The maximum absolute atomic E-state index is 12.5. The third-order valence-electron chi connectivity index (χ3n) is 3.77. The molecule has 1 saturated heterocycles. The molecule has 106 valence electrons. The van der Waals surface area contributed by atoms with Gasteiger partial charge in [0.25, 0.3) is 5.91 Å². The van der Waals surface area contributed by atoms with E-state index >= 15 is 0 Å². The Morgan fingerprint density at radius 1 is 0.950 bits per heavy atom. The van der Waals surface area contributed by atoms with Crippen LogP contribution in [-0.2, 0) is 0 Å². The second-order valence-corrected chi connectivity index (χ2v) is 4.97. The molecular weight excluding hydrogens is 246 g/mol. The van der Waals surface area contributed by atoms with E-state index in [2.05, 4.69) is 13.0 Å². The first-order valence-corrected chi connectivity index (χ1v) is 7.55. The van der Waals surface area contributed by atoms with Crippen LogP contribution < -0.4 is 0 Å². The van der Waals surface area contributed by atoms with E-state index in [0.717, 1.165) is 36.9 Å². The molecule has 0 unspecified atom stereocenters. The number of carbonyl (C=O) groups is 1. The molecule has 2 aromatic rings. The molecule has 0 aliphatic carbocycles. The summed E-state index contributed by atoms with van der Waals surface area (Å²) in [7, 11) is 0. The molecule has 0 radical (unpaired) electrons. The Balaban J connectivity index is 0.000000704. The first-order valence-electron chi connectivity index (χ1n) is 7.55. The van der Waals surface area contributed by atoms with Crippen molar-refractivity contribution >= 4 is 16.7 Å². The van der Waals surface area contributed by atoms with Gasteiger partial charge in [0.2, 0.25) is 0 Å². The van der Waals surface area contributed by atoms with Crippen molar-refractivity contribution in [3.63, 3.8) is 0 Å². The molecule has 2 nitrogen and oxygen atoms in total. The van der Waals surface area contributed by atoms with Crippen molar-refractivity contribution in [1.29, 1.82) is 0 Å². The smallest absolute Gasteiger partial charge is 0.254 e. The number of nitrogens with zero attached hydrogens (tertiary/aromatic N) is 1. The Labute approximate surface area is 121 Å². The first kappa shape index (κ1) is 14.6. The minimum Gasteiger partial charge on any atom is -0.339 e. The van der Waals surface area contributed by atoms with Gasteiger partial charge in [-0.05, 0) is 42.2 Å².